The summed E-state index contributed by atoms with van der Waals surface area (Å²) in [6, 6.07) is 0. The van der Waals surface area contributed by atoms with Gasteiger partial charge in [-0.2, -0.15) is 0 Å². The zero-order chi connectivity index (χ0) is 14.0. The average molecular weight is 260 g/mol. The van der Waals surface area contributed by atoms with E-state index in [-0.39, 0.29) is 16.9 Å². The molecule has 0 spiro atoms. The zero-order valence-electron chi connectivity index (χ0n) is 10.4. The Bertz CT molecular complexity index is 631. The Kier molecular flexibility index (Phi) is 3.28. The number of aryl methyl sites for hydroxylation is 2. The van der Waals surface area contributed by atoms with Gasteiger partial charge in [-0.3, -0.25) is 9.78 Å². The van der Waals surface area contributed by atoms with Crippen molar-refractivity contribution in [1.29, 1.82) is 0 Å². The van der Waals surface area contributed by atoms with E-state index < -0.39 is 11.9 Å². The Morgan fingerprint density at radius 3 is 2.58 bits per heavy atom. The number of H-pyrrole nitrogens is 1. The molecular weight excluding hydrogens is 248 g/mol. The van der Waals surface area contributed by atoms with Crippen LogP contribution in [-0.4, -0.2) is 31.9 Å². The van der Waals surface area contributed by atoms with Crippen molar-refractivity contribution in [3.05, 3.63) is 41.2 Å². The summed E-state index contributed by atoms with van der Waals surface area (Å²) in [7, 11) is 0. The molecule has 2 rings (SSSR count). The van der Waals surface area contributed by atoms with Crippen molar-refractivity contribution >= 4 is 17.6 Å². The maximum absolute atomic E-state index is 11.9. The van der Waals surface area contributed by atoms with Crippen molar-refractivity contribution in [2.75, 3.05) is 5.32 Å². The summed E-state index contributed by atoms with van der Waals surface area (Å²) in [5, 5.41) is 11.6. The van der Waals surface area contributed by atoms with Gasteiger partial charge in [-0.1, -0.05) is 0 Å². The lowest BCUT2D eigenvalue weighted by Crippen LogP contribution is -2.15. The molecule has 0 saturated carbocycles. The van der Waals surface area contributed by atoms with E-state index in [0.717, 1.165) is 0 Å². The van der Waals surface area contributed by atoms with Crippen LogP contribution in [0.1, 0.15) is 32.2 Å². The molecule has 0 bridgehead atoms. The fourth-order valence-electron chi connectivity index (χ4n) is 1.60. The molecule has 3 N–H and O–H groups in total. The number of rotatable bonds is 3. The van der Waals surface area contributed by atoms with Gasteiger partial charge in [0.05, 0.1) is 17.6 Å². The molecule has 2 aromatic rings. The molecule has 0 fully saturated rings. The number of hydrogen-bond donors (Lipinski definition) is 3. The smallest absolute Gasteiger partial charge is 0.339 e. The van der Waals surface area contributed by atoms with Gasteiger partial charge in [0, 0.05) is 18.1 Å². The third-order valence-electron chi connectivity index (χ3n) is 2.55. The predicted molar refractivity (Wildman–Crippen MR) is 67.2 cm³/mol. The Morgan fingerprint density at radius 1 is 1.26 bits per heavy atom. The number of aromatic amines is 1. The minimum Gasteiger partial charge on any atom is -0.478 e. The molecule has 0 unspecified atom stereocenters. The van der Waals surface area contributed by atoms with Crippen LogP contribution in [0.15, 0.2) is 18.6 Å². The summed E-state index contributed by atoms with van der Waals surface area (Å²) in [6.07, 6.45) is 4.23. The largest absolute Gasteiger partial charge is 0.478 e. The predicted octanol–water partition coefficient (Wildman–Crippen LogP) is 1.37. The van der Waals surface area contributed by atoms with Gasteiger partial charge >= 0.3 is 5.97 Å². The molecule has 0 radical (unpaired) electrons. The van der Waals surface area contributed by atoms with Gasteiger partial charge in [0.15, 0.2) is 0 Å². The lowest BCUT2D eigenvalue weighted by atomic mass is 10.2. The number of anilines is 1. The monoisotopic (exact) mass is 260 g/mol. The van der Waals surface area contributed by atoms with E-state index in [0.29, 0.717) is 11.4 Å². The lowest BCUT2D eigenvalue weighted by Gasteiger charge is -2.04. The Balaban J connectivity index is 2.24. The van der Waals surface area contributed by atoms with Crippen LogP contribution < -0.4 is 5.32 Å². The third-order valence-corrected chi connectivity index (χ3v) is 2.55. The van der Waals surface area contributed by atoms with E-state index in [2.05, 4.69) is 20.3 Å². The molecule has 19 heavy (non-hydrogen) atoms. The molecule has 2 aromatic heterocycles. The molecule has 7 heteroatoms. The zero-order valence-corrected chi connectivity index (χ0v) is 10.4. The highest BCUT2D eigenvalue weighted by Crippen LogP contribution is 2.19. The van der Waals surface area contributed by atoms with Crippen molar-refractivity contribution < 1.29 is 14.7 Å². The van der Waals surface area contributed by atoms with E-state index in [1.165, 1.54) is 18.6 Å². The molecule has 98 valence electrons. The van der Waals surface area contributed by atoms with Crippen LogP contribution in [0.2, 0.25) is 0 Å². The SMILES string of the molecule is Cc1cnc(C(=O)Nc2c[nH]c(C)c2C(=O)O)cn1. The number of hydrogen-bond acceptors (Lipinski definition) is 4. The molecule has 0 saturated heterocycles. The van der Waals surface area contributed by atoms with Crippen molar-refractivity contribution in [3.63, 3.8) is 0 Å². The number of carboxylic acid groups (broad SMARTS) is 1. The molecule has 7 nitrogen and oxygen atoms in total. The minimum absolute atomic E-state index is 0.0356. The van der Waals surface area contributed by atoms with E-state index in [1.807, 2.05) is 0 Å². The van der Waals surface area contributed by atoms with Gasteiger partial charge in [0.2, 0.25) is 0 Å². The van der Waals surface area contributed by atoms with Crippen LogP contribution in [0.3, 0.4) is 0 Å². The molecule has 0 atom stereocenters. The maximum atomic E-state index is 11.9. The number of aromatic nitrogens is 3. The Morgan fingerprint density at radius 2 is 2.00 bits per heavy atom. The number of carbonyl (C=O) groups is 2. The Hall–Kier alpha value is -2.70. The van der Waals surface area contributed by atoms with Crippen LogP contribution >= 0.6 is 0 Å². The molecule has 2 heterocycles. The first kappa shape index (κ1) is 12.7. The van der Waals surface area contributed by atoms with Gasteiger partial charge in [-0.15, -0.1) is 0 Å². The van der Waals surface area contributed by atoms with E-state index in [1.54, 1.807) is 13.8 Å². The van der Waals surface area contributed by atoms with Crippen molar-refractivity contribution in [1.82, 2.24) is 15.0 Å². The van der Waals surface area contributed by atoms with Gasteiger partial charge in [-0.25, -0.2) is 9.78 Å². The average Bonchev–Trinajstić information content (AvgIpc) is 2.71. The number of carbonyl (C=O) groups excluding carboxylic acids is 1. The van der Waals surface area contributed by atoms with Crippen molar-refractivity contribution in [2.45, 2.75) is 13.8 Å². The Labute approximate surface area is 108 Å². The van der Waals surface area contributed by atoms with Gasteiger partial charge in [0.25, 0.3) is 5.91 Å². The normalized spacial score (nSPS) is 10.2. The highest BCUT2D eigenvalue weighted by atomic mass is 16.4. The topological polar surface area (TPSA) is 108 Å². The van der Waals surface area contributed by atoms with Crippen molar-refractivity contribution in [3.8, 4) is 0 Å². The molecule has 0 aliphatic carbocycles. The summed E-state index contributed by atoms with van der Waals surface area (Å²) >= 11 is 0. The van der Waals surface area contributed by atoms with Crippen LogP contribution in [-0.2, 0) is 0 Å². The number of carboxylic acids is 1. The van der Waals surface area contributed by atoms with Crippen molar-refractivity contribution in [2.24, 2.45) is 0 Å². The summed E-state index contributed by atoms with van der Waals surface area (Å²) in [6.45, 7) is 3.37. The highest BCUT2D eigenvalue weighted by molar-refractivity contribution is 6.07. The number of aromatic carboxylic acids is 1. The van der Waals surface area contributed by atoms with E-state index in [4.69, 9.17) is 5.11 Å². The van der Waals surface area contributed by atoms with E-state index >= 15 is 0 Å². The first-order valence-corrected chi connectivity index (χ1v) is 5.50. The van der Waals surface area contributed by atoms with Gasteiger partial charge in [-0.05, 0) is 13.8 Å². The standard InChI is InChI=1S/C12H12N4O3/c1-6-3-15-9(5-13-6)11(17)16-8-4-14-7(2)10(8)12(18)19/h3-5,14H,1-2H3,(H,16,17)(H,18,19). The summed E-state index contributed by atoms with van der Waals surface area (Å²) < 4.78 is 0. The second kappa shape index (κ2) is 4.89. The second-order valence-electron chi connectivity index (χ2n) is 4.00. The molecular formula is C12H12N4O3. The second-order valence-corrected chi connectivity index (χ2v) is 4.00. The molecule has 0 aliphatic rings. The minimum atomic E-state index is -1.11. The third kappa shape index (κ3) is 2.59. The van der Waals surface area contributed by atoms with Gasteiger partial charge < -0.3 is 15.4 Å². The number of nitrogens with zero attached hydrogens (tertiary/aromatic N) is 2. The summed E-state index contributed by atoms with van der Waals surface area (Å²) in [5.41, 5.74) is 1.53. The molecule has 0 aromatic carbocycles. The molecule has 0 aliphatic heterocycles. The summed E-state index contributed by atoms with van der Waals surface area (Å²) in [4.78, 5) is 33.6. The fraction of sp³-hybridized carbons (Fsp3) is 0.167. The van der Waals surface area contributed by atoms with E-state index in [9.17, 15) is 9.59 Å². The lowest BCUT2D eigenvalue weighted by molar-refractivity contribution is 0.0697. The number of amides is 1. The molecule has 1 amide bonds. The highest BCUT2D eigenvalue weighted by Gasteiger charge is 2.18. The quantitative estimate of drug-likeness (QED) is 0.772. The number of nitrogens with one attached hydrogen (secondary N) is 2. The fourth-order valence-corrected chi connectivity index (χ4v) is 1.60. The summed E-state index contributed by atoms with van der Waals surface area (Å²) in [5.74, 6) is -1.61. The first-order valence-electron chi connectivity index (χ1n) is 5.50. The van der Waals surface area contributed by atoms with Crippen LogP contribution in [0, 0.1) is 13.8 Å². The van der Waals surface area contributed by atoms with Gasteiger partial charge in [0.1, 0.15) is 11.3 Å². The first-order chi connectivity index (χ1) is 8.99. The maximum Gasteiger partial charge on any atom is 0.339 e. The van der Waals surface area contributed by atoms with Crippen LogP contribution in [0.4, 0.5) is 5.69 Å². The van der Waals surface area contributed by atoms with Crippen LogP contribution in [0.25, 0.3) is 0 Å². The van der Waals surface area contributed by atoms with Crippen LogP contribution in [0.5, 0.6) is 0 Å².